The highest BCUT2D eigenvalue weighted by Crippen LogP contribution is 2.32. The maximum atomic E-state index is 2.30. The number of rotatable bonds is 4. The summed E-state index contributed by atoms with van der Waals surface area (Å²) < 4.78 is 0. The normalized spacial score (nSPS) is 12.6. The highest BCUT2D eigenvalue weighted by molar-refractivity contribution is 5.46. The Bertz CT molecular complexity index is 391. The molecule has 0 amide bonds. The lowest BCUT2D eigenvalue weighted by Crippen LogP contribution is -2.11. The van der Waals surface area contributed by atoms with Gasteiger partial charge in [0.1, 0.15) is 0 Å². The lowest BCUT2D eigenvalue weighted by Gasteiger charge is -2.23. The van der Waals surface area contributed by atoms with E-state index in [-0.39, 0.29) is 0 Å². The van der Waals surface area contributed by atoms with Gasteiger partial charge in [-0.05, 0) is 17.0 Å². The van der Waals surface area contributed by atoms with Crippen molar-refractivity contribution in [3.05, 3.63) is 77.7 Å². The van der Waals surface area contributed by atoms with E-state index in [1.54, 1.807) is 0 Å². The molecule has 0 heteroatoms. The molecule has 0 heterocycles. The van der Waals surface area contributed by atoms with Crippen molar-refractivity contribution in [2.75, 3.05) is 0 Å². The SMILES string of the molecule is CCC(C)[C](c1ccccc1)c1ccccc1. The van der Waals surface area contributed by atoms with Crippen molar-refractivity contribution in [2.24, 2.45) is 5.92 Å². The first-order valence-corrected chi connectivity index (χ1v) is 6.30. The van der Waals surface area contributed by atoms with Crippen LogP contribution < -0.4 is 0 Å². The average molecular weight is 223 g/mol. The molecule has 0 saturated carbocycles. The summed E-state index contributed by atoms with van der Waals surface area (Å²) >= 11 is 0. The topological polar surface area (TPSA) is 0 Å². The highest BCUT2D eigenvalue weighted by atomic mass is 14.2. The van der Waals surface area contributed by atoms with Crippen molar-refractivity contribution in [1.29, 1.82) is 0 Å². The first-order chi connectivity index (χ1) is 8.33. The highest BCUT2D eigenvalue weighted by Gasteiger charge is 2.20. The van der Waals surface area contributed by atoms with Gasteiger partial charge in [0, 0.05) is 5.92 Å². The van der Waals surface area contributed by atoms with Crippen LogP contribution in [0.3, 0.4) is 0 Å². The van der Waals surface area contributed by atoms with E-state index in [1.165, 1.54) is 23.5 Å². The Hall–Kier alpha value is -1.56. The third-order valence-electron chi connectivity index (χ3n) is 3.27. The Kier molecular flexibility index (Phi) is 3.98. The molecule has 0 aromatic heterocycles. The number of hydrogen-bond donors (Lipinski definition) is 0. The zero-order valence-electron chi connectivity index (χ0n) is 10.6. The van der Waals surface area contributed by atoms with Crippen LogP contribution in [0, 0.1) is 11.8 Å². The van der Waals surface area contributed by atoms with E-state index in [2.05, 4.69) is 74.5 Å². The molecule has 0 N–H and O–H groups in total. The second kappa shape index (κ2) is 5.67. The second-order valence-electron chi connectivity index (χ2n) is 4.46. The van der Waals surface area contributed by atoms with Gasteiger partial charge in [0.05, 0.1) is 0 Å². The van der Waals surface area contributed by atoms with Gasteiger partial charge in [0.2, 0.25) is 0 Å². The summed E-state index contributed by atoms with van der Waals surface area (Å²) in [6.07, 6.45) is 1.17. The van der Waals surface area contributed by atoms with Gasteiger partial charge in [0.25, 0.3) is 0 Å². The summed E-state index contributed by atoms with van der Waals surface area (Å²) in [7, 11) is 0. The van der Waals surface area contributed by atoms with Crippen molar-refractivity contribution in [2.45, 2.75) is 20.3 Å². The molecule has 0 aliphatic carbocycles. The van der Waals surface area contributed by atoms with E-state index in [0.29, 0.717) is 5.92 Å². The van der Waals surface area contributed by atoms with Gasteiger partial charge in [-0.2, -0.15) is 0 Å². The fourth-order valence-electron chi connectivity index (χ4n) is 2.18. The van der Waals surface area contributed by atoms with E-state index in [0.717, 1.165) is 0 Å². The first-order valence-electron chi connectivity index (χ1n) is 6.30. The lowest BCUT2D eigenvalue weighted by atomic mass is 9.80. The minimum atomic E-state index is 0.583. The first kappa shape index (κ1) is 11.9. The molecule has 0 fully saturated rings. The molecule has 2 aromatic rings. The predicted molar refractivity (Wildman–Crippen MR) is 73.8 cm³/mol. The van der Waals surface area contributed by atoms with Crippen LogP contribution in [0.25, 0.3) is 0 Å². The van der Waals surface area contributed by atoms with Gasteiger partial charge >= 0.3 is 0 Å². The van der Waals surface area contributed by atoms with Gasteiger partial charge in [-0.3, -0.25) is 0 Å². The number of benzene rings is 2. The van der Waals surface area contributed by atoms with Crippen molar-refractivity contribution >= 4 is 0 Å². The maximum Gasteiger partial charge on any atom is 0.0367 e. The van der Waals surface area contributed by atoms with Crippen molar-refractivity contribution in [1.82, 2.24) is 0 Å². The molecule has 1 unspecified atom stereocenters. The van der Waals surface area contributed by atoms with Crippen LogP contribution in [0.15, 0.2) is 60.7 Å². The zero-order valence-corrected chi connectivity index (χ0v) is 10.6. The molecule has 1 atom stereocenters. The Morgan fingerprint density at radius 2 is 1.24 bits per heavy atom. The third-order valence-corrected chi connectivity index (χ3v) is 3.27. The fourth-order valence-corrected chi connectivity index (χ4v) is 2.18. The van der Waals surface area contributed by atoms with Gasteiger partial charge < -0.3 is 0 Å². The molecule has 2 aromatic carbocycles. The van der Waals surface area contributed by atoms with E-state index in [9.17, 15) is 0 Å². The van der Waals surface area contributed by atoms with Crippen LogP contribution in [0.4, 0.5) is 0 Å². The molecule has 0 saturated heterocycles. The largest absolute Gasteiger partial charge is 0.0651 e. The summed E-state index contributed by atoms with van der Waals surface area (Å²) in [5.74, 6) is 2.04. The molecule has 1 radical (unpaired) electrons. The molecular weight excluding hydrogens is 204 g/mol. The summed E-state index contributed by atoms with van der Waals surface area (Å²) in [5.41, 5.74) is 2.68. The smallest absolute Gasteiger partial charge is 0.0367 e. The molecule has 0 nitrogen and oxygen atoms in total. The Balaban J connectivity index is 2.39. The molecule has 2 rings (SSSR count). The number of hydrogen-bond acceptors (Lipinski definition) is 0. The quantitative estimate of drug-likeness (QED) is 0.704. The van der Waals surface area contributed by atoms with Gasteiger partial charge in [-0.25, -0.2) is 0 Å². The summed E-state index contributed by atoms with van der Waals surface area (Å²) in [6.45, 7) is 4.55. The van der Waals surface area contributed by atoms with Crippen LogP contribution >= 0.6 is 0 Å². The molecule has 0 bridgehead atoms. The van der Waals surface area contributed by atoms with Gasteiger partial charge in [0.15, 0.2) is 0 Å². The zero-order chi connectivity index (χ0) is 12.1. The maximum absolute atomic E-state index is 2.30. The summed E-state index contributed by atoms with van der Waals surface area (Å²) in [5, 5.41) is 0. The van der Waals surface area contributed by atoms with E-state index >= 15 is 0 Å². The summed E-state index contributed by atoms with van der Waals surface area (Å²) in [6, 6.07) is 21.4. The van der Waals surface area contributed by atoms with Crippen LogP contribution in [0.5, 0.6) is 0 Å². The fraction of sp³-hybridized carbons (Fsp3) is 0.235. The van der Waals surface area contributed by atoms with E-state index in [4.69, 9.17) is 0 Å². The van der Waals surface area contributed by atoms with Crippen LogP contribution in [-0.4, -0.2) is 0 Å². The standard InChI is InChI=1S/C17H19/c1-3-14(2)17(15-10-6-4-7-11-15)16-12-8-5-9-13-16/h4-14H,3H2,1-2H3. The van der Waals surface area contributed by atoms with Crippen molar-refractivity contribution < 1.29 is 0 Å². The molecule has 87 valence electrons. The van der Waals surface area contributed by atoms with Crippen molar-refractivity contribution in [3.8, 4) is 0 Å². The van der Waals surface area contributed by atoms with E-state index < -0.39 is 0 Å². The van der Waals surface area contributed by atoms with Gasteiger partial charge in [-0.1, -0.05) is 80.9 Å². The Morgan fingerprint density at radius 3 is 1.59 bits per heavy atom. The molecule has 0 aliphatic heterocycles. The molecule has 0 spiro atoms. The van der Waals surface area contributed by atoms with E-state index in [1.807, 2.05) is 0 Å². The van der Waals surface area contributed by atoms with Gasteiger partial charge in [-0.15, -0.1) is 0 Å². The van der Waals surface area contributed by atoms with Crippen LogP contribution in [0.1, 0.15) is 31.4 Å². The molecule has 17 heavy (non-hydrogen) atoms. The molecule has 0 aliphatic rings. The minimum Gasteiger partial charge on any atom is -0.0651 e. The third kappa shape index (κ3) is 2.76. The van der Waals surface area contributed by atoms with Crippen LogP contribution in [-0.2, 0) is 0 Å². The second-order valence-corrected chi connectivity index (χ2v) is 4.46. The minimum absolute atomic E-state index is 0.583. The Labute approximate surface area is 104 Å². The lowest BCUT2D eigenvalue weighted by molar-refractivity contribution is 0.612. The monoisotopic (exact) mass is 223 g/mol. The predicted octanol–water partition coefficient (Wildman–Crippen LogP) is 4.70. The van der Waals surface area contributed by atoms with Crippen molar-refractivity contribution in [3.63, 3.8) is 0 Å². The average Bonchev–Trinajstić information content (AvgIpc) is 2.41. The van der Waals surface area contributed by atoms with Crippen LogP contribution in [0.2, 0.25) is 0 Å². The molecular formula is C17H19. The summed E-state index contributed by atoms with van der Waals surface area (Å²) in [4.78, 5) is 0. The Morgan fingerprint density at radius 1 is 0.824 bits per heavy atom.